The maximum atomic E-state index is 14.3. The molecule has 0 aliphatic carbocycles. The third-order valence-electron chi connectivity index (χ3n) is 5.63. The van der Waals surface area contributed by atoms with Crippen LogP contribution in [0.25, 0.3) is 11.4 Å². The van der Waals surface area contributed by atoms with Crippen LogP contribution in [0.2, 0.25) is 5.02 Å². The van der Waals surface area contributed by atoms with E-state index in [1.54, 1.807) is 11.0 Å². The number of carbonyl (C=O) groups is 1. The number of hydrogen-bond donors (Lipinski definition) is 1. The van der Waals surface area contributed by atoms with Gasteiger partial charge in [0.05, 0.1) is 6.20 Å². The number of carbonyl (C=O) groups excluding carboxylic acids is 1. The highest BCUT2D eigenvalue weighted by molar-refractivity contribution is 6.30. The second kappa shape index (κ2) is 10.7. The van der Waals surface area contributed by atoms with Gasteiger partial charge in [-0.3, -0.25) is 0 Å². The second-order valence-electron chi connectivity index (χ2n) is 9.48. The number of ether oxygens (including phenoxy) is 1. The van der Waals surface area contributed by atoms with Crippen LogP contribution in [0.1, 0.15) is 26.3 Å². The van der Waals surface area contributed by atoms with Crippen molar-refractivity contribution >= 4 is 29.2 Å². The molecular formula is C26H28ClF2N5O2. The largest absolute Gasteiger partial charge is 0.444 e. The molecule has 1 amide bonds. The van der Waals surface area contributed by atoms with Gasteiger partial charge in [-0.25, -0.2) is 23.5 Å². The molecule has 0 spiro atoms. The van der Waals surface area contributed by atoms with Crippen LogP contribution in [0.15, 0.2) is 48.7 Å². The summed E-state index contributed by atoms with van der Waals surface area (Å²) in [5.41, 5.74) is 1.54. The molecule has 2 heterocycles. The number of nitrogens with zero attached hydrogens (tertiary/aromatic N) is 4. The molecule has 4 rings (SSSR count). The first-order valence-corrected chi connectivity index (χ1v) is 12.0. The zero-order valence-corrected chi connectivity index (χ0v) is 21.1. The van der Waals surface area contributed by atoms with E-state index >= 15 is 0 Å². The summed E-state index contributed by atoms with van der Waals surface area (Å²) in [6, 6.07) is 11.9. The Bertz CT molecular complexity index is 1230. The molecule has 1 aromatic heterocycles. The number of hydrogen-bond acceptors (Lipinski definition) is 6. The number of rotatable bonds is 5. The van der Waals surface area contributed by atoms with Gasteiger partial charge in [-0.2, -0.15) is 0 Å². The molecule has 1 aliphatic rings. The fraction of sp³-hybridized carbons (Fsp3) is 0.346. The van der Waals surface area contributed by atoms with Gasteiger partial charge < -0.3 is 19.9 Å². The van der Waals surface area contributed by atoms with E-state index in [2.05, 4.69) is 20.2 Å². The number of nitrogens with one attached hydrogen (secondary N) is 1. The molecule has 0 unspecified atom stereocenters. The lowest BCUT2D eigenvalue weighted by Gasteiger charge is -2.36. The van der Waals surface area contributed by atoms with E-state index in [-0.39, 0.29) is 18.5 Å². The van der Waals surface area contributed by atoms with Gasteiger partial charge >= 0.3 is 6.09 Å². The summed E-state index contributed by atoms with van der Waals surface area (Å²) in [6.07, 6.45) is 0.793. The first-order chi connectivity index (χ1) is 17.1. The number of amides is 1. The van der Waals surface area contributed by atoms with E-state index < -0.39 is 17.2 Å². The Kier molecular flexibility index (Phi) is 7.59. The van der Waals surface area contributed by atoms with E-state index in [4.69, 9.17) is 16.3 Å². The van der Waals surface area contributed by atoms with E-state index in [0.717, 1.165) is 11.9 Å². The molecule has 7 nitrogen and oxygen atoms in total. The molecule has 3 aromatic rings. The summed E-state index contributed by atoms with van der Waals surface area (Å²) in [5, 5.41) is 3.12. The Morgan fingerprint density at radius 1 is 1.06 bits per heavy atom. The van der Waals surface area contributed by atoms with Gasteiger partial charge in [-0.05, 0) is 57.2 Å². The van der Waals surface area contributed by atoms with Crippen molar-refractivity contribution in [3.63, 3.8) is 0 Å². The molecule has 2 aromatic carbocycles. The number of aromatic nitrogens is 2. The third kappa shape index (κ3) is 6.40. The molecule has 0 saturated carbocycles. The lowest BCUT2D eigenvalue weighted by Crippen LogP contribution is -2.50. The molecule has 0 atom stereocenters. The number of anilines is 2. The van der Waals surface area contributed by atoms with Gasteiger partial charge in [0.1, 0.15) is 11.4 Å². The average Bonchev–Trinajstić information content (AvgIpc) is 2.84. The Labute approximate surface area is 214 Å². The fourth-order valence-electron chi connectivity index (χ4n) is 3.77. The van der Waals surface area contributed by atoms with Gasteiger partial charge in [-0.1, -0.05) is 17.7 Å². The highest BCUT2D eigenvalue weighted by Gasteiger charge is 2.26. The number of halogens is 3. The quantitative estimate of drug-likeness (QED) is 0.467. The van der Waals surface area contributed by atoms with Crippen LogP contribution in [0.4, 0.5) is 25.1 Å². The number of piperazine rings is 1. The van der Waals surface area contributed by atoms with Crippen molar-refractivity contribution in [2.24, 2.45) is 0 Å². The Hall–Kier alpha value is -3.46. The molecule has 1 N–H and O–H groups in total. The minimum Gasteiger partial charge on any atom is -0.444 e. The van der Waals surface area contributed by atoms with Crippen molar-refractivity contribution in [2.75, 3.05) is 36.4 Å². The number of benzene rings is 2. The molecule has 190 valence electrons. The molecule has 10 heteroatoms. The minimum atomic E-state index is -0.632. The second-order valence-corrected chi connectivity index (χ2v) is 9.92. The van der Waals surface area contributed by atoms with Crippen molar-refractivity contribution < 1.29 is 18.3 Å². The molecule has 1 saturated heterocycles. The lowest BCUT2D eigenvalue weighted by molar-refractivity contribution is 0.0240. The zero-order valence-electron chi connectivity index (χ0n) is 20.4. The van der Waals surface area contributed by atoms with Crippen LogP contribution in [0.3, 0.4) is 0 Å². The van der Waals surface area contributed by atoms with Crippen molar-refractivity contribution in [1.29, 1.82) is 0 Å². The van der Waals surface area contributed by atoms with Crippen LogP contribution in [-0.2, 0) is 11.3 Å². The fourth-order valence-corrected chi connectivity index (χ4v) is 3.93. The van der Waals surface area contributed by atoms with Crippen molar-refractivity contribution in [1.82, 2.24) is 14.9 Å². The maximum absolute atomic E-state index is 14.3. The molecule has 1 fully saturated rings. The highest BCUT2D eigenvalue weighted by Crippen LogP contribution is 2.24. The predicted octanol–water partition coefficient (Wildman–Crippen LogP) is 5.74. The van der Waals surface area contributed by atoms with Crippen LogP contribution in [0, 0.1) is 11.6 Å². The van der Waals surface area contributed by atoms with Gasteiger partial charge in [-0.15, -0.1) is 0 Å². The van der Waals surface area contributed by atoms with Gasteiger partial charge in [0.2, 0.25) is 0 Å². The Morgan fingerprint density at radius 3 is 2.39 bits per heavy atom. The van der Waals surface area contributed by atoms with E-state index in [1.165, 1.54) is 12.1 Å². The van der Waals surface area contributed by atoms with Gasteiger partial charge in [0.15, 0.2) is 17.5 Å². The summed E-state index contributed by atoms with van der Waals surface area (Å²) in [5.74, 6) is -0.784. The van der Waals surface area contributed by atoms with Gasteiger partial charge in [0, 0.05) is 54.6 Å². The first kappa shape index (κ1) is 25.6. The van der Waals surface area contributed by atoms with Crippen LogP contribution in [0.5, 0.6) is 0 Å². The van der Waals surface area contributed by atoms with E-state index in [9.17, 15) is 13.6 Å². The topological polar surface area (TPSA) is 70.6 Å². The van der Waals surface area contributed by atoms with Gasteiger partial charge in [0.25, 0.3) is 0 Å². The SMILES string of the molecule is CC(C)(C)OC(=O)N1CCN(c2ccc(-c3ncc(F)c(NCc4ccc(Cl)cc4F)n3)cc2)CC1. The molecule has 0 radical (unpaired) electrons. The summed E-state index contributed by atoms with van der Waals surface area (Å²) in [7, 11) is 0. The minimum absolute atomic E-state index is 0.0170. The predicted molar refractivity (Wildman–Crippen MR) is 136 cm³/mol. The summed E-state index contributed by atoms with van der Waals surface area (Å²) < 4.78 is 33.8. The molecular weight excluding hydrogens is 488 g/mol. The summed E-state index contributed by atoms with van der Waals surface area (Å²) in [6.45, 7) is 8.11. The van der Waals surface area contributed by atoms with Crippen molar-refractivity contribution in [2.45, 2.75) is 32.9 Å². The third-order valence-corrected chi connectivity index (χ3v) is 5.86. The van der Waals surface area contributed by atoms with E-state index in [0.29, 0.717) is 48.2 Å². The summed E-state index contributed by atoms with van der Waals surface area (Å²) >= 11 is 5.78. The smallest absolute Gasteiger partial charge is 0.410 e. The maximum Gasteiger partial charge on any atom is 0.410 e. The highest BCUT2D eigenvalue weighted by atomic mass is 35.5. The van der Waals surface area contributed by atoms with Crippen molar-refractivity contribution in [3.8, 4) is 11.4 Å². The summed E-state index contributed by atoms with van der Waals surface area (Å²) in [4.78, 5) is 24.6. The first-order valence-electron chi connectivity index (χ1n) is 11.6. The molecule has 0 bridgehead atoms. The average molecular weight is 516 g/mol. The normalized spacial score (nSPS) is 14.1. The zero-order chi connectivity index (χ0) is 25.9. The Balaban J connectivity index is 1.39. The van der Waals surface area contributed by atoms with Crippen LogP contribution in [-0.4, -0.2) is 52.7 Å². The monoisotopic (exact) mass is 515 g/mol. The van der Waals surface area contributed by atoms with Crippen LogP contribution >= 0.6 is 11.6 Å². The molecule has 36 heavy (non-hydrogen) atoms. The van der Waals surface area contributed by atoms with Crippen LogP contribution < -0.4 is 10.2 Å². The molecule has 1 aliphatic heterocycles. The van der Waals surface area contributed by atoms with E-state index in [1.807, 2.05) is 45.0 Å². The standard InChI is InChI=1S/C26H28ClF2N5O2/c1-26(2,3)36-25(35)34-12-10-33(11-13-34)20-8-5-17(6-9-20)23-31-16-22(29)24(32-23)30-15-18-4-7-19(27)14-21(18)28/h4-9,14,16H,10-13,15H2,1-3H3,(H,30,31,32). The lowest BCUT2D eigenvalue weighted by atomic mass is 10.1. The van der Waals surface area contributed by atoms with Crippen molar-refractivity contribution in [3.05, 3.63) is 70.9 Å². The Morgan fingerprint density at radius 2 is 1.75 bits per heavy atom.